The van der Waals surface area contributed by atoms with Crippen molar-refractivity contribution in [1.29, 1.82) is 0 Å². The maximum absolute atomic E-state index is 13.5. The van der Waals surface area contributed by atoms with Gasteiger partial charge in [0.15, 0.2) is 5.84 Å². The van der Waals surface area contributed by atoms with Crippen molar-refractivity contribution in [2.45, 2.75) is 0 Å². The highest BCUT2D eigenvalue weighted by molar-refractivity contribution is 9.10. The molecule has 6 nitrogen and oxygen atoms in total. The van der Waals surface area contributed by atoms with Crippen molar-refractivity contribution in [1.82, 2.24) is 0 Å². The van der Waals surface area contributed by atoms with Crippen LogP contribution in [-0.4, -0.2) is 33.1 Å². The highest BCUT2D eigenvalue weighted by Crippen LogP contribution is 2.33. The van der Waals surface area contributed by atoms with Crippen LogP contribution < -0.4 is 19.1 Å². The minimum absolute atomic E-state index is 0.244. The molecule has 0 atom stereocenters. The molecule has 0 unspecified atom stereocenters. The van der Waals surface area contributed by atoms with Crippen LogP contribution in [0.4, 0.5) is 5.69 Å². The van der Waals surface area contributed by atoms with Gasteiger partial charge in [0.25, 0.3) is 5.91 Å². The van der Waals surface area contributed by atoms with E-state index >= 15 is 0 Å². The molecular weight excluding hydrogens is 472 g/mol. The van der Waals surface area contributed by atoms with Crippen molar-refractivity contribution in [3.63, 3.8) is 0 Å². The lowest BCUT2D eigenvalue weighted by atomic mass is 10.1. The van der Waals surface area contributed by atoms with Crippen LogP contribution >= 0.6 is 15.9 Å². The summed E-state index contributed by atoms with van der Waals surface area (Å²) in [6, 6.07) is 20.4. The summed E-state index contributed by atoms with van der Waals surface area (Å²) in [5.74, 6) is 2.13. The van der Waals surface area contributed by atoms with Crippen LogP contribution in [0.25, 0.3) is 6.08 Å². The van der Waals surface area contributed by atoms with Crippen LogP contribution in [0.15, 0.2) is 81.9 Å². The topological polar surface area (TPSA) is 60.4 Å². The molecule has 1 aliphatic rings. The van der Waals surface area contributed by atoms with E-state index in [1.807, 2.05) is 60.7 Å². The standard InChI is InChI=1S/C25H21BrN2O4/c1-30-19-13-8-16(23(15-19)32-3)14-21-25(29)28(18-11-9-17(26)10-12-18)24(27-21)20-6-4-5-7-22(20)31-2/h4-15H,1-3H3. The molecule has 162 valence electrons. The minimum atomic E-state index is -0.244. The molecule has 3 aromatic rings. The van der Waals surface area contributed by atoms with Crippen molar-refractivity contribution in [3.8, 4) is 17.2 Å². The molecule has 1 heterocycles. The first-order valence-corrected chi connectivity index (χ1v) is 10.6. The van der Waals surface area contributed by atoms with Crippen molar-refractivity contribution in [3.05, 3.63) is 88.0 Å². The number of anilines is 1. The quantitative estimate of drug-likeness (QED) is 0.437. The van der Waals surface area contributed by atoms with Crippen LogP contribution in [0, 0.1) is 0 Å². The Balaban J connectivity index is 1.86. The van der Waals surface area contributed by atoms with Gasteiger partial charge in [0.1, 0.15) is 22.9 Å². The fourth-order valence-corrected chi connectivity index (χ4v) is 3.71. The summed E-state index contributed by atoms with van der Waals surface area (Å²) in [5, 5.41) is 0. The molecule has 0 spiro atoms. The number of methoxy groups -OCH3 is 3. The summed E-state index contributed by atoms with van der Waals surface area (Å²) < 4.78 is 17.2. The smallest absolute Gasteiger partial charge is 0.282 e. The fourth-order valence-electron chi connectivity index (χ4n) is 3.44. The van der Waals surface area contributed by atoms with Crippen LogP contribution in [0.2, 0.25) is 0 Å². The molecule has 7 heteroatoms. The molecule has 0 aliphatic carbocycles. The molecule has 1 aliphatic heterocycles. The van der Waals surface area contributed by atoms with E-state index in [2.05, 4.69) is 15.9 Å². The van der Waals surface area contributed by atoms with E-state index in [1.54, 1.807) is 38.4 Å². The molecule has 4 rings (SSSR count). The average molecular weight is 493 g/mol. The van der Waals surface area contributed by atoms with Crippen LogP contribution in [0.1, 0.15) is 11.1 Å². The third kappa shape index (κ3) is 4.11. The molecule has 3 aromatic carbocycles. The molecule has 0 saturated heterocycles. The Kier molecular flexibility index (Phi) is 6.28. The second kappa shape index (κ2) is 9.28. The third-order valence-corrected chi connectivity index (χ3v) is 5.55. The molecule has 0 radical (unpaired) electrons. The molecule has 0 bridgehead atoms. The van der Waals surface area contributed by atoms with E-state index in [0.717, 1.165) is 15.6 Å². The Morgan fingerprint density at radius 2 is 1.59 bits per heavy atom. The minimum Gasteiger partial charge on any atom is -0.497 e. The lowest BCUT2D eigenvalue weighted by molar-refractivity contribution is -0.113. The summed E-state index contributed by atoms with van der Waals surface area (Å²) in [5.41, 5.74) is 2.43. The highest BCUT2D eigenvalue weighted by atomic mass is 79.9. The number of rotatable bonds is 6. The summed E-state index contributed by atoms with van der Waals surface area (Å²) in [6.45, 7) is 0. The van der Waals surface area contributed by atoms with Gasteiger partial charge in [-0.3, -0.25) is 9.69 Å². The van der Waals surface area contributed by atoms with Crippen LogP contribution in [-0.2, 0) is 4.79 Å². The van der Waals surface area contributed by atoms with Crippen LogP contribution in [0.3, 0.4) is 0 Å². The lowest BCUT2D eigenvalue weighted by Gasteiger charge is -2.20. The number of para-hydroxylation sites is 1. The largest absolute Gasteiger partial charge is 0.497 e. The van der Waals surface area contributed by atoms with Gasteiger partial charge in [0.2, 0.25) is 0 Å². The summed E-state index contributed by atoms with van der Waals surface area (Å²) >= 11 is 3.45. The highest BCUT2D eigenvalue weighted by Gasteiger charge is 2.34. The van der Waals surface area contributed by atoms with Crippen molar-refractivity contribution >= 4 is 39.4 Å². The molecule has 0 saturated carbocycles. The van der Waals surface area contributed by atoms with Crippen molar-refractivity contribution in [2.75, 3.05) is 26.2 Å². The van der Waals surface area contributed by atoms with E-state index in [9.17, 15) is 4.79 Å². The summed E-state index contributed by atoms with van der Waals surface area (Å²) in [6.07, 6.45) is 1.72. The number of ether oxygens (including phenoxy) is 3. The number of amidine groups is 1. The monoisotopic (exact) mass is 492 g/mol. The second-order valence-corrected chi connectivity index (χ2v) is 7.81. The second-order valence-electron chi connectivity index (χ2n) is 6.89. The zero-order valence-electron chi connectivity index (χ0n) is 17.8. The molecule has 1 amide bonds. The third-order valence-electron chi connectivity index (χ3n) is 5.03. The van der Waals surface area contributed by atoms with Crippen molar-refractivity contribution < 1.29 is 19.0 Å². The number of carbonyl (C=O) groups excluding carboxylic acids is 1. The fraction of sp³-hybridized carbons (Fsp3) is 0.120. The van der Waals surface area contributed by atoms with Gasteiger partial charge < -0.3 is 14.2 Å². The lowest BCUT2D eigenvalue weighted by Crippen LogP contribution is -2.32. The van der Waals surface area contributed by atoms with Gasteiger partial charge in [-0.2, -0.15) is 0 Å². The first-order valence-electron chi connectivity index (χ1n) is 9.81. The number of carbonyl (C=O) groups is 1. The Morgan fingerprint density at radius 3 is 2.28 bits per heavy atom. The maximum Gasteiger partial charge on any atom is 0.282 e. The van der Waals surface area contributed by atoms with E-state index in [-0.39, 0.29) is 11.6 Å². The number of hydrogen-bond acceptors (Lipinski definition) is 5. The van der Waals surface area contributed by atoms with Gasteiger partial charge in [0.05, 0.1) is 32.6 Å². The molecular formula is C25H21BrN2O4. The summed E-state index contributed by atoms with van der Waals surface area (Å²) in [7, 11) is 4.76. The summed E-state index contributed by atoms with van der Waals surface area (Å²) in [4.78, 5) is 19.8. The average Bonchev–Trinajstić information content (AvgIpc) is 3.15. The Bertz CT molecular complexity index is 1220. The molecule has 0 aromatic heterocycles. The number of benzene rings is 3. The SMILES string of the molecule is COc1ccc(C=C2N=C(c3ccccc3OC)N(c3ccc(Br)cc3)C2=O)c(OC)c1. The van der Waals surface area contributed by atoms with E-state index in [4.69, 9.17) is 19.2 Å². The van der Waals surface area contributed by atoms with Gasteiger partial charge in [-0.15, -0.1) is 0 Å². The van der Waals surface area contributed by atoms with E-state index in [1.165, 1.54) is 0 Å². The number of aliphatic imine (C=N–C) groups is 1. The van der Waals surface area contributed by atoms with E-state index < -0.39 is 0 Å². The van der Waals surface area contributed by atoms with Gasteiger partial charge >= 0.3 is 0 Å². The Morgan fingerprint density at radius 1 is 0.875 bits per heavy atom. The van der Waals surface area contributed by atoms with Gasteiger partial charge in [0, 0.05) is 16.1 Å². The Hall–Kier alpha value is -3.58. The zero-order chi connectivity index (χ0) is 22.7. The molecule has 32 heavy (non-hydrogen) atoms. The number of nitrogens with zero attached hydrogens (tertiary/aromatic N) is 2. The van der Waals surface area contributed by atoms with Crippen molar-refractivity contribution in [2.24, 2.45) is 4.99 Å². The van der Waals surface area contributed by atoms with Gasteiger partial charge in [-0.05, 0) is 54.6 Å². The molecule has 0 N–H and O–H groups in total. The zero-order valence-corrected chi connectivity index (χ0v) is 19.4. The van der Waals surface area contributed by atoms with Gasteiger partial charge in [-0.25, -0.2) is 4.99 Å². The number of hydrogen-bond donors (Lipinski definition) is 0. The first-order chi connectivity index (χ1) is 15.5. The predicted molar refractivity (Wildman–Crippen MR) is 129 cm³/mol. The normalized spacial score (nSPS) is 14.5. The molecule has 0 fully saturated rings. The Labute approximate surface area is 194 Å². The van der Waals surface area contributed by atoms with Gasteiger partial charge in [-0.1, -0.05) is 28.1 Å². The first kappa shape index (κ1) is 21.6. The van der Waals surface area contributed by atoms with E-state index in [0.29, 0.717) is 28.8 Å². The number of amides is 1. The number of halogens is 1. The van der Waals surface area contributed by atoms with Crippen LogP contribution in [0.5, 0.6) is 17.2 Å². The predicted octanol–water partition coefficient (Wildman–Crippen LogP) is 5.31. The maximum atomic E-state index is 13.5.